The minimum atomic E-state index is -3.78. The van der Waals surface area contributed by atoms with Crippen molar-refractivity contribution in [1.82, 2.24) is 19.8 Å². The largest absolute Gasteiger partial charge is 0.494 e. The number of benzene rings is 2. The molecule has 1 aliphatic heterocycles. The van der Waals surface area contributed by atoms with Gasteiger partial charge in [-0.3, -0.25) is 9.69 Å². The fourth-order valence-electron chi connectivity index (χ4n) is 9.30. The van der Waals surface area contributed by atoms with Gasteiger partial charge in [-0.15, -0.1) is 10.2 Å². The topological polar surface area (TPSA) is 114 Å². The second-order valence-corrected chi connectivity index (χ2v) is 16.9. The monoisotopic (exact) mass is 687 g/mol. The summed E-state index contributed by atoms with van der Waals surface area (Å²) in [6, 6.07) is 17.9. The predicted molar refractivity (Wildman–Crippen MR) is 190 cm³/mol. The third-order valence-corrected chi connectivity index (χ3v) is 12.2. The van der Waals surface area contributed by atoms with Gasteiger partial charge in [0.2, 0.25) is 10.0 Å². The van der Waals surface area contributed by atoms with Crippen LogP contribution in [0.25, 0.3) is 11.1 Å². The first-order valence-corrected chi connectivity index (χ1v) is 19.6. The summed E-state index contributed by atoms with van der Waals surface area (Å²) in [5.74, 6) is 3.64. The van der Waals surface area contributed by atoms with Gasteiger partial charge in [0, 0.05) is 32.7 Å². The summed E-state index contributed by atoms with van der Waals surface area (Å²) in [7, 11) is -3.78. The number of nitrogens with zero attached hydrogens (tertiary/aromatic N) is 4. The van der Waals surface area contributed by atoms with E-state index in [1.54, 1.807) is 12.1 Å². The van der Waals surface area contributed by atoms with Crippen molar-refractivity contribution in [2.24, 2.45) is 23.2 Å². The van der Waals surface area contributed by atoms with Crippen molar-refractivity contribution in [2.45, 2.75) is 71.9 Å². The van der Waals surface area contributed by atoms with Crippen molar-refractivity contribution >= 4 is 21.7 Å². The summed E-state index contributed by atoms with van der Waals surface area (Å²) in [6.45, 7) is 10.6. The second-order valence-electron chi connectivity index (χ2n) is 15.1. The Morgan fingerprint density at radius 3 is 2.22 bits per heavy atom. The molecule has 5 aliphatic rings. The maximum absolute atomic E-state index is 13.2. The first kappa shape index (κ1) is 33.8. The van der Waals surface area contributed by atoms with Crippen LogP contribution in [0.4, 0.5) is 5.82 Å². The molecule has 1 N–H and O–H groups in total. The van der Waals surface area contributed by atoms with Gasteiger partial charge in [-0.05, 0) is 142 Å². The summed E-state index contributed by atoms with van der Waals surface area (Å²) in [6.07, 6.45) is 6.72. The maximum atomic E-state index is 13.2. The van der Waals surface area contributed by atoms with Gasteiger partial charge in [-0.25, -0.2) is 13.1 Å². The quantitative estimate of drug-likeness (QED) is 0.248. The molecule has 5 fully saturated rings. The molecule has 2 aromatic carbocycles. The van der Waals surface area contributed by atoms with Gasteiger partial charge in [-0.2, -0.15) is 0 Å². The second kappa shape index (κ2) is 13.9. The van der Waals surface area contributed by atoms with Crippen molar-refractivity contribution in [3.8, 4) is 22.6 Å². The zero-order valence-corrected chi connectivity index (χ0v) is 29.8. The number of anilines is 1. The molecule has 1 amide bonds. The Morgan fingerprint density at radius 1 is 0.898 bits per heavy atom. The normalized spacial score (nSPS) is 25.1. The molecule has 2 heterocycles. The average molecular weight is 688 g/mol. The SMILES string of the molecule is CCOc1cccc(-c2cc(CN3CCN(c4ccc(C(=O)NS(=O)(=O)CC56CC7CC(CC(C7)C5)C6)nn4)CC3)cc(OC(C)C)c2)c1. The Hall–Kier alpha value is -3.70. The molecule has 262 valence electrons. The molecule has 8 rings (SSSR count). The van der Waals surface area contributed by atoms with Crippen molar-refractivity contribution in [2.75, 3.05) is 43.4 Å². The van der Waals surface area contributed by atoms with E-state index in [9.17, 15) is 13.2 Å². The van der Waals surface area contributed by atoms with Crippen LogP contribution in [0.3, 0.4) is 0 Å². The van der Waals surface area contributed by atoms with Gasteiger partial charge >= 0.3 is 0 Å². The number of rotatable bonds is 12. The van der Waals surface area contributed by atoms with Crippen molar-refractivity contribution in [3.63, 3.8) is 0 Å². The highest BCUT2D eigenvalue weighted by molar-refractivity contribution is 7.90. The van der Waals surface area contributed by atoms with Crippen molar-refractivity contribution < 1.29 is 22.7 Å². The van der Waals surface area contributed by atoms with Crippen LogP contribution in [0.1, 0.15) is 75.3 Å². The molecule has 1 aromatic heterocycles. The molecule has 49 heavy (non-hydrogen) atoms. The molecular formula is C38H49N5O5S. The standard InChI is InChI=1S/C38H49N5O5S/c1-4-47-33-7-5-6-31(19-33)32-17-30(18-34(20-32)48-26(2)3)24-42-10-12-43(13-11-42)36-9-8-35(39-40-36)37(44)41-49(45,46)25-38-21-27-14-28(22-38)16-29(15-27)23-38/h5-9,17-20,26-29H,4,10-16,21-25H2,1-3H3,(H,41,44). The number of sulfonamides is 1. The van der Waals surface area contributed by atoms with Crippen LogP contribution in [0.2, 0.25) is 0 Å². The number of hydrogen-bond acceptors (Lipinski definition) is 9. The van der Waals surface area contributed by atoms with E-state index in [-0.39, 0.29) is 23.0 Å². The third-order valence-electron chi connectivity index (χ3n) is 10.7. The van der Waals surface area contributed by atoms with Gasteiger partial charge in [0.05, 0.1) is 18.5 Å². The Kier molecular flexibility index (Phi) is 9.58. The zero-order chi connectivity index (χ0) is 34.2. The van der Waals surface area contributed by atoms with E-state index < -0.39 is 15.9 Å². The first-order valence-electron chi connectivity index (χ1n) is 17.9. The first-order chi connectivity index (χ1) is 23.5. The Labute approximate surface area is 290 Å². The summed E-state index contributed by atoms with van der Waals surface area (Å²) < 4.78 is 40.5. The summed E-state index contributed by atoms with van der Waals surface area (Å²) in [5, 5.41) is 8.46. The molecule has 11 heteroatoms. The molecule has 4 saturated carbocycles. The lowest BCUT2D eigenvalue weighted by Gasteiger charge is -2.56. The van der Waals surface area contributed by atoms with Crippen LogP contribution >= 0.6 is 0 Å². The smallest absolute Gasteiger partial charge is 0.285 e. The number of nitrogens with one attached hydrogen (secondary N) is 1. The van der Waals surface area contributed by atoms with E-state index in [0.717, 1.165) is 74.6 Å². The van der Waals surface area contributed by atoms with Gasteiger partial charge in [0.25, 0.3) is 5.91 Å². The van der Waals surface area contributed by atoms with Crippen LogP contribution in [0, 0.1) is 23.2 Å². The number of amides is 1. The minimum absolute atomic E-state index is 0.0163. The van der Waals surface area contributed by atoms with Crippen LogP contribution < -0.4 is 19.1 Å². The van der Waals surface area contributed by atoms with E-state index >= 15 is 0 Å². The van der Waals surface area contributed by atoms with Gasteiger partial charge in [0.15, 0.2) is 11.5 Å². The van der Waals surface area contributed by atoms with Crippen LogP contribution in [-0.2, 0) is 16.6 Å². The number of piperazine rings is 1. The van der Waals surface area contributed by atoms with Gasteiger partial charge in [0.1, 0.15) is 11.5 Å². The van der Waals surface area contributed by atoms with Crippen molar-refractivity contribution in [3.05, 3.63) is 65.9 Å². The fourth-order valence-corrected chi connectivity index (χ4v) is 10.9. The molecule has 4 bridgehead atoms. The zero-order valence-electron chi connectivity index (χ0n) is 28.9. The number of hydrogen-bond donors (Lipinski definition) is 1. The Bertz CT molecular complexity index is 1720. The highest BCUT2D eigenvalue weighted by Crippen LogP contribution is 2.60. The fraction of sp³-hybridized carbons (Fsp3) is 0.553. The lowest BCUT2D eigenvalue weighted by Crippen LogP contribution is -2.51. The van der Waals surface area contributed by atoms with Gasteiger partial charge < -0.3 is 14.4 Å². The number of ether oxygens (including phenoxy) is 2. The van der Waals surface area contributed by atoms with Crippen molar-refractivity contribution in [1.29, 1.82) is 0 Å². The number of aromatic nitrogens is 2. The lowest BCUT2D eigenvalue weighted by atomic mass is 9.50. The van der Waals surface area contributed by atoms with Crippen LogP contribution in [0.5, 0.6) is 11.5 Å². The van der Waals surface area contributed by atoms with Gasteiger partial charge in [-0.1, -0.05) is 12.1 Å². The molecule has 0 radical (unpaired) electrons. The lowest BCUT2D eigenvalue weighted by molar-refractivity contribution is -0.0391. The van der Waals surface area contributed by atoms with Crippen LogP contribution in [-0.4, -0.2) is 74.1 Å². The van der Waals surface area contributed by atoms with E-state index in [2.05, 4.69) is 55.1 Å². The average Bonchev–Trinajstić information content (AvgIpc) is 3.04. The summed E-state index contributed by atoms with van der Waals surface area (Å²) in [5.41, 5.74) is 3.19. The van der Waals surface area contributed by atoms with E-state index in [4.69, 9.17) is 9.47 Å². The molecular weight excluding hydrogens is 639 g/mol. The molecule has 0 spiro atoms. The van der Waals surface area contributed by atoms with E-state index in [0.29, 0.717) is 30.2 Å². The molecule has 0 atom stereocenters. The Balaban J connectivity index is 0.947. The highest BCUT2D eigenvalue weighted by Gasteiger charge is 2.52. The highest BCUT2D eigenvalue weighted by atomic mass is 32.2. The Morgan fingerprint density at radius 2 is 1.59 bits per heavy atom. The van der Waals surface area contributed by atoms with E-state index in [1.165, 1.54) is 24.8 Å². The molecule has 1 saturated heterocycles. The molecule has 0 unspecified atom stereocenters. The summed E-state index contributed by atoms with van der Waals surface area (Å²) >= 11 is 0. The number of carbonyl (C=O) groups is 1. The minimum Gasteiger partial charge on any atom is -0.494 e. The summed E-state index contributed by atoms with van der Waals surface area (Å²) in [4.78, 5) is 17.5. The third kappa shape index (κ3) is 8.04. The van der Waals surface area contributed by atoms with E-state index in [1.807, 2.05) is 32.9 Å². The maximum Gasteiger partial charge on any atom is 0.285 e. The predicted octanol–water partition coefficient (Wildman–Crippen LogP) is 5.93. The van der Waals surface area contributed by atoms with Crippen LogP contribution in [0.15, 0.2) is 54.6 Å². The molecule has 10 nitrogen and oxygen atoms in total. The number of carbonyl (C=O) groups excluding carboxylic acids is 1. The molecule has 4 aliphatic carbocycles. The molecule has 3 aromatic rings.